The number of nitrogens with one attached hydrogen (secondary N) is 1. The van der Waals surface area contributed by atoms with Gasteiger partial charge in [0.15, 0.2) is 0 Å². The lowest BCUT2D eigenvalue weighted by atomic mass is 10.2. The summed E-state index contributed by atoms with van der Waals surface area (Å²) in [5.41, 5.74) is 2.96. The van der Waals surface area contributed by atoms with Crippen molar-refractivity contribution in [1.82, 2.24) is 15.2 Å². The predicted molar refractivity (Wildman–Crippen MR) is 102 cm³/mol. The Bertz CT molecular complexity index is 1060. The fourth-order valence-electron chi connectivity index (χ4n) is 2.30. The van der Waals surface area contributed by atoms with E-state index in [1.807, 2.05) is 0 Å². The van der Waals surface area contributed by atoms with Crippen LogP contribution < -0.4 is 10.2 Å². The van der Waals surface area contributed by atoms with E-state index in [4.69, 9.17) is 4.74 Å². The summed E-state index contributed by atoms with van der Waals surface area (Å²) in [5, 5.41) is 18.2. The van der Waals surface area contributed by atoms with E-state index in [2.05, 4.69) is 15.6 Å². The van der Waals surface area contributed by atoms with Gasteiger partial charge in [-0.25, -0.2) is 10.2 Å². The van der Waals surface area contributed by atoms with E-state index in [9.17, 15) is 19.7 Å². The maximum Gasteiger partial charge on any atom is 0.343 e. The number of benzene rings is 2. The van der Waals surface area contributed by atoms with Crippen LogP contribution in [0.15, 0.2) is 72.1 Å². The number of carbonyl (C=O) groups is 2. The molecule has 29 heavy (non-hydrogen) atoms. The first-order valence-corrected chi connectivity index (χ1v) is 8.38. The molecule has 10 heteroatoms. The summed E-state index contributed by atoms with van der Waals surface area (Å²) in [4.78, 5) is 34.1. The average molecular weight is 393 g/mol. The maximum absolute atomic E-state index is 12.2. The largest absolute Gasteiger partial charge is 0.422 e. The number of amides is 1. The number of hydrazone groups is 1. The molecule has 1 N–H and O–H groups in total. The summed E-state index contributed by atoms with van der Waals surface area (Å²) in [6, 6.07) is 15.2. The summed E-state index contributed by atoms with van der Waals surface area (Å²) >= 11 is 0. The number of hydrogen-bond acceptors (Lipinski definition) is 7. The minimum atomic E-state index is -0.604. The van der Waals surface area contributed by atoms with Crippen LogP contribution in [-0.2, 0) is 11.3 Å². The van der Waals surface area contributed by atoms with Crippen LogP contribution in [0.5, 0.6) is 5.75 Å². The van der Waals surface area contributed by atoms with Crippen LogP contribution in [0.3, 0.4) is 0 Å². The van der Waals surface area contributed by atoms with E-state index in [1.165, 1.54) is 6.21 Å². The molecule has 2 aromatic carbocycles. The lowest BCUT2D eigenvalue weighted by Crippen LogP contribution is -2.23. The number of rotatable bonds is 7. The smallest absolute Gasteiger partial charge is 0.343 e. The summed E-state index contributed by atoms with van der Waals surface area (Å²) in [6.07, 6.45) is 3.52. The first-order chi connectivity index (χ1) is 14.0. The number of nitrogens with zero attached hydrogens (tertiary/aromatic N) is 4. The van der Waals surface area contributed by atoms with E-state index in [-0.39, 0.29) is 18.0 Å². The number of esters is 1. The number of nitro groups is 1. The third-order valence-corrected chi connectivity index (χ3v) is 3.66. The third-order valence-electron chi connectivity index (χ3n) is 3.66. The van der Waals surface area contributed by atoms with Gasteiger partial charge in [0, 0.05) is 5.56 Å². The van der Waals surface area contributed by atoms with Gasteiger partial charge < -0.3 is 4.74 Å². The van der Waals surface area contributed by atoms with Crippen LogP contribution in [0, 0.1) is 10.1 Å². The molecular weight excluding hydrogens is 378 g/mol. The summed E-state index contributed by atoms with van der Waals surface area (Å²) < 4.78 is 6.51. The van der Waals surface area contributed by atoms with E-state index in [0.717, 1.165) is 17.1 Å². The van der Waals surface area contributed by atoms with Gasteiger partial charge in [-0.05, 0) is 24.3 Å². The van der Waals surface area contributed by atoms with Gasteiger partial charge in [-0.15, -0.1) is 0 Å². The molecule has 1 aromatic heterocycles. The van der Waals surface area contributed by atoms with Gasteiger partial charge in [0.25, 0.3) is 5.91 Å². The standard InChI is InChI=1S/C19H15N5O5/c25-18(13-23-12-16(11-21-23)24(27)28)22-20-10-15-8-4-5-9-17(15)29-19(26)14-6-2-1-3-7-14/h1-12H,13H2,(H,22,25). The molecular formula is C19H15N5O5. The van der Waals surface area contributed by atoms with E-state index in [1.54, 1.807) is 54.6 Å². The monoisotopic (exact) mass is 393 g/mol. The summed E-state index contributed by atoms with van der Waals surface area (Å²) in [6.45, 7) is -0.240. The van der Waals surface area contributed by atoms with Gasteiger partial charge in [0.1, 0.15) is 24.7 Å². The zero-order chi connectivity index (χ0) is 20.6. The van der Waals surface area contributed by atoms with Crippen molar-refractivity contribution < 1.29 is 19.2 Å². The number of para-hydroxylation sites is 1. The van der Waals surface area contributed by atoms with Gasteiger partial charge in [-0.1, -0.05) is 30.3 Å². The highest BCUT2D eigenvalue weighted by atomic mass is 16.6. The number of aromatic nitrogens is 2. The SMILES string of the molecule is O=C(Cn1cc([N+](=O)[O-])cn1)NN=Cc1ccccc1OC(=O)c1ccccc1. The quantitative estimate of drug-likeness (QED) is 0.215. The first-order valence-electron chi connectivity index (χ1n) is 8.38. The second-order valence-corrected chi connectivity index (χ2v) is 5.74. The van der Waals surface area contributed by atoms with E-state index in [0.29, 0.717) is 11.1 Å². The van der Waals surface area contributed by atoms with Crippen molar-refractivity contribution in [3.63, 3.8) is 0 Å². The Morgan fingerprint density at radius 1 is 1.17 bits per heavy atom. The van der Waals surface area contributed by atoms with E-state index >= 15 is 0 Å². The molecule has 3 rings (SSSR count). The fraction of sp³-hybridized carbons (Fsp3) is 0.0526. The Morgan fingerprint density at radius 3 is 2.62 bits per heavy atom. The van der Waals surface area contributed by atoms with Gasteiger partial charge in [0.2, 0.25) is 0 Å². The minimum absolute atomic E-state index is 0.213. The molecule has 1 heterocycles. The molecule has 0 atom stereocenters. The van der Waals surface area contributed by atoms with Crippen molar-refractivity contribution in [2.75, 3.05) is 0 Å². The molecule has 0 aliphatic carbocycles. The highest BCUT2D eigenvalue weighted by molar-refractivity contribution is 5.93. The number of hydrogen-bond donors (Lipinski definition) is 1. The van der Waals surface area contributed by atoms with Gasteiger partial charge in [-0.2, -0.15) is 10.2 Å². The second kappa shape index (κ2) is 9.04. The first kappa shape index (κ1) is 19.4. The van der Waals surface area contributed by atoms with Crippen molar-refractivity contribution in [2.45, 2.75) is 6.54 Å². The van der Waals surface area contributed by atoms with Gasteiger partial charge in [0.05, 0.1) is 16.7 Å². The maximum atomic E-state index is 12.2. The van der Waals surface area contributed by atoms with Gasteiger partial charge in [-0.3, -0.25) is 19.6 Å². The molecule has 0 fully saturated rings. The molecule has 0 saturated heterocycles. The molecule has 10 nitrogen and oxygen atoms in total. The Hall–Kier alpha value is -4.34. The Labute approximate surface area is 164 Å². The molecule has 3 aromatic rings. The Balaban J connectivity index is 1.61. The molecule has 146 valence electrons. The van der Waals surface area contributed by atoms with Crippen molar-refractivity contribution in [3.8, 4) is 5.75 Å². The van der Waals surface area contributed by atoms with Crippen LogP contribution in [0.4, 0.5) is 5.69 Å². The number of carbonyl (C=O) groups excluding carboxylic acids is 2. The second-order valence-electron chi connectivity index (χ2n) is 5.74. The Morgan fingerprint density at radius 2 is 1.90 bits per heavy atom. The van der Waals surface area contributed by atoms with Crippen LogP contribution in [-0.4, -0.2) is 32.8 Å². The molecule has 0 spiro atoms. The highest BCUT2D eigenvalue weighted by Crippen LogP contribution is 2.17. The predicted octanol–water partition coefficient (Wildman–Crippen LogP) is 2.16. The normalized spacial score (nSPS) is 10.6. The van der Waals surface area contributed by atoms with Gasteiger partial charge >= 0.3 is 11.7 Å². The van der Waals surface area contributed by atoms with E-state index < -0.39 is 16.8 Å². The van der Waals surface area contributed by atoms with Crippen molar-refractivity contribution in [3.05, 3.63) is 88.2 Å². The summed E-state index contributed by atoms with van der Waals surface area (Å²) in [7, 11) is 0. The van der Waals surface area contributed by atoms with Crippen LogP contribution in [0.2, 0.25) is 0 Å². The Kier molecular flexibility index (Phi) is 6.05. The molecule has 0 aliphatic rings. The zero-order valence-electron chi connectivity index (χ0n) is 15.0. The molecule has 0 saturated carbocycles. The minimum Gasteiger partial charge on any atom is -0.422 e. The molecule has 0 aliphatic heterocycles. The molecule has 0 radical (unpaired) electrons. The molecule has 0 bridgehead atoms. The zero-order valence-corrected chi connectivity index (χ0v) is 15.0. The van der Waals surface area contributed by atoms with Crippen LogP contribution in [0.1, 0.15) is 15.9 Å². The third kappa shape index (κ3) is 5.32. The van der Waals surface area contributed by atoms with Crippen LogP contribution >= 0.6 is 0 Å². The molecule has 1 amide bonds. The fourth-order valence-corrected chi connectivity index (χ4v) is 2.30. The van der Waals surface area contributed by atoms with Crippen molar-refractivity contribution in [1.29, 1.82) is 0 Å². The summed E-state index contributed by atoms with van der Waals surface area (Å²) in [5.74, 6) is -0.768. The lowest BCUT2D eigenvalue weighted by molar-refractivity contribution is -0.385. The van der Waals surface area contributed by atoms with Crippen molar-refractivity contribution in [2.24, 2.45) is 5.10 Å². The average Bonchev–Trinajstić information content (AvgIpc) is 3.18. The van der Waals surface area contributed by atoms with Crippen LogP contribution in [0.25, 0.3) is 0 Å². The lowest BCUT2D eigenvalue weighted by Gasteiger charge is -2.07. The highest BCUT2D eigenvalue weighted by Gasteiger charge is 2.12. The molecule has 0 unspecified atom stereocenters. The van der Waals surface area contributed by atoms with Crippen molar-refractivity contribution >= 4 is 23.8 Å². The topological polar surface area (TPSA) is 129 Å². The number of ether oxygens (including phenoxy) is 1.